The Kier molecular flexibility index (Phi) is 5.53. The molecule has 5 aromatic carbocycles. The van der Waals surface area contributed by atoms with Gasteiger partial charge in [0.2, 0.25) is 0 Å². The van der Waals surface area contributed by atoms with Crippen LogP contribution in [0.2, 0.25) is 0 Å². The lowest BCUT2D eigenvalue weighted by Gasteiger charge is -2.18. The van der Waals surface area contributed by atoms with Crippen LogP contribution in [0.25, 0.3) is 71.1 Å². The molecule has 0 saturated heterocycles. The van der Waals surface area contributed by atoms with Crippen molar-refractivity contribution in [1.82, 2.24) is 14.1 Å². The molecule has 6 heteroatoms. The maximum absolute atomic E-state index is 10.5. The van der Waals surface area contributed by atoms with Crippen LogP contribution in [-0.2, 0) is 0 Å². The second-order valence-corrected chi connectivity index (χ2v) is 10.5. The lowest BCUT2D eigenvalue weighted by Crippen LogP contribution is -2.04. The average Bonchev–Trinajstić information content (AvgIpc) is 3.59. The number of pyridine rings is 1. The van der Waals surface area contributed by atoms with Gasteiger partial charge >= 0.3 is 0 Å². The predicted molar refractivity (Wildman–Crippen MR) is 174 cm³/mol. The Hall–Kier alpha value is -6.68. The molecular weight excluding hydrogens is 540 g/mol. The molecule has 3 heterocycles. The number of hydrogen-bond donors (Lipinski definition) is 0. The fraction of sp³-hybridized carbons (Fsp3) is 0. The Bertz CT molecular complexity index is 2600. The van der Waals surface area contributed by atoms with E-state index in [4.69, 9.17) is 11.6 Å². The first-order valence-corrected chi connectivity index (χ1v) is 14.0. The first-order valence-electron chi connectivity index (χ1n) is 14.0. The van der Waals surface area contributed by atoms with Gasteiger partial charge in [0, 0.05) is 27.9 Å². The molecule has 0 amide bonds. The van der Waals surface area contributed by atoms with Gasteiger partial charge in [-0.3, -0.25) is 4.98 Å². The molecule has 6 nitrogen and oxygen atoms in total. The van der Waals surface area contributed by atoms with Crippen molar-refractivity contribution in [3.05, 3.63) is 144 Å². The van der Waals surface area contributed by atoms with Gasteiger partial charge in [0.05, 0.1) is 69.0 Å². The van der Waals surface area contributed by atoms with E-state index in [9.17, 15) is 10.5 Å². The van der Waals surface area contributed by atoms with Crippen LogP contribution in [0.5, 0.6) is 0 Å². The van der Waals surface area contributed by atoms with Crippen LogP contribution in [0.15, 0.2) is 121 Å². The molecular formula is C38H20N6. The molecule has 0 unspecified atom stereocenters. The molecule has 0 saturated carbocycles. The number of benzene rings is 5. The van der Waals surface area contributed by atoms with Gasteiger partial charge in [0.15, 0.2) is 5.69 Å². The summed E-state index contributed by atoms with van der Waals surface area (Å²) in [5.74, 6) is 0. The first-order chi connectivity index (χ1) is 21.7. The summed E-state index contributed by atoms with van der Waals surface area (Å²) in [7, 11) is 0. The van der Waals surface area contributed by atoms with E-state index < -0.39 is 0 Å². The Morgan fingerprint density at radius 2 is 1.23 bits per heavy atom. The van der Waals surface area contributed by atoms with E-state index in [2.05, 4.69) is 50.4 Å². The molecule has 0 fully saturated rings. The minimum Gasteiger partial charge on any atom is -0.309 e. The third-order valence-corrected chi connectivity index (χ3v) is 8.25. The SMILES string of the molecule is [C-]#[N+]c1ccc2c(c1)c1ccccc1n2-c1cccc(C#N)c1-c1ncccc1-n1c2ccccc2c2cc(C#N)ccc21. The fourth-order valence-corrected chi connectivity index (χ4v) is 6.43. The van der Waals surface area contributed by atoms with Gasteiger partial charge in [-0.2, -0.15) is 10.5 Å². The van der Waals surface area contributed by atoms with Gasteiger partial charge in [-0.15, -0.1) is 0 Å². The molecule has 8 rings (SSSR count). The van der Waals surface area contributed by atoms with E-state index in [-0.39, 0.29) is 0 Å². The Labute approximate surface area is 252 Å². The number of aromatic nitrogens is 3. The van der Waals surface area contributed by atoms with E-state index in [0.29, 0.717) is 28.1 Å². The average molecular weight is 561 g/mol. The molecule has 0 aliphatic rings. The topological polar surface area (TPSA) is 74.7 Å². The molecule has 0 atom stereocenters. The van der Waals surface area contributed by atoms with Crippen LogP contribution in [0, 0.1) is 29.2 Å². The molecule has 0 spiro atoms. The number of nitrogens with zero attached hydrogens (tertiary/aromatic N) is 6. The van der Waals surface area contributed by atoms with Crippen molar-refractivity contribution >= 4 is 49.3 Å². The van der Waals surface area contributed by atoms with Gasteiger partial charge in [-0.1, -0.05) is 48.5 Å². The minimum absolute atomic E-state index is 0.499. The quantitative estimate of drug-likeness (QED) is 0.202. The van der Waals surface area contributed by atoms with Gasteiger partial charge in [-0.25, -0.2) is 4.85 Å². The van der Waals surface area contributed by atoms with E-state index in [0.717, 1.165) is 55.0 Å². The van der Waals surface area contributed by atoms with Crippen LogP contribution < -0.4 is 0 Å². The van der Waals surface area contributed by atoms with Crippen LogP contribution in [0.1, 0.15) is 11.1 Å². The number of rotatable bonds is 3. The van der Waals surface area contributed by atoms with Gasteiger partial charge in [0.25, 0.3) is 0 Å². The van der Waals surface area contributed by atoms with Crippen molar-refractivity contribution in [2.75, 3.05) is 0 Å². The summed E-state index contributed by atoms with van der Waals surface area (Å²) in [5.41, 5.74) is 8.51. The van der Waals surface area contributed by atoms with Crippen LogP contribution in [-0.4, -0.2) is 14.1 Å². The molecule has 0 bridgehead atoms. The lowest BCUT2D eigenvalue weighted by molar-refractivity contribution is 1.12. The van der Waals surface area contributed by atoms with Crippen LogP contribution >= 0.6 is 0 Å². The minimum atomic E-state index is 0.499. The maximum Gasteiger partial charge on any atom is 0.188 e. The highest BCUT2D eigenvalue weighted by Crippen LogP contribution is 2.41. The van der Waals surface area contributed by atoms with Crippen LogP contribution in [0.4, 0.5) is 5.69 Å². The summed E-state index contributed by atoms with van der Waals surface area (Å²) in [6, 6.07) is 42.1. The van der Waals surface area contributed by atoms with Crippen molar-refractivity contribution in [2.45, 2.75) is 0 Å². The van der Waals surface area contributed by atoms with E-state index in [1.807, 2.05) is 91.0 Å². The number of nitriles is 2. The van der Waals surface area contributed by atoms with Crippen molar-refractivity contribution in [2.24, 2.45) is 0 Å². The highest BCUT2D eigenvalue weighted by Gasteiger charge is 2.23. The Balaban J connectivity index is 1.50. The summed E-state index contributed by atoms with van der Waals surface area (Å²) in [6.07, 6.45) is 1.76. The summed E-state index contributed by atoms with van der Waals surface area (Å²) in [4.78, 5) is 8.61. The molecule has 202 valence electrons. The highest BCUT2D eigenvalue weighted by atomic mass is 15.0. The summed E-state index contributed by atoms with van der Waals surface area (Å²) < 4.78 is 4.33. The molecule has 0 aliphatic carbocycles. The monoisotopic (exact) mass is 560 g/mol. The van der Waals surface area contributed by atoms with Crippen molar-refractivity contribution in [3.63, 3.8) is 0 Å². The van der Waals surface area contributed by atoms with Crippen molar-refractivity contribution in [1.29, 1.82) is 10.5 Å². The normalized spacial score (nSPS) is 11.1. The Morgan fingerprint density at radius 1 is 0.591 bits per heavy atom. The third kappa shape index (κ3) is 3.55. The standard InChI is InChI=1S/C38H20N6/c1-41-26-16-18-34-30(21-26)28-10-3-4-11-31(28)43(34)35-13-6-8-25(23-40)37(35)38-36(14-7-19-42-38)44-32-12-5-2-9-27(32)29-20-24(22-39)15-17-33(29)44/h2-21H. The molecule has 8 aromatic rings. The molecule has 0 aliphatic heterocycles. The Morgan fingerprint density at radius 3 is 1.93 bits per heavy atom. The van der Waals surface area contributed by atoms with Gasteiger partial charge in [-0.05, 0) is 72.1 Å². The third-order valence-electron chi connectivity index (χ3n) is 8.25. The molecule has 3 aromatic heterocycles. The highest BCUT2D eigenvalue weighted by molar-refractivity contribution is 6.12. The summed E-state index contributed by atoms with van der Waals surface area (Å²) in [5, 5.41) is 24.1. The van der Waals surface area contributed by atoms with Crippen molar-refractivity contribution in [3.8, 4) is 34.8 Å². The predicted octanol–water partition coefficient (Wildman–Crippen LogP) is 9.24. The van der Waals surface area contributed by atoms with Gasteiger partial charge < -0.3 is 9.13 Å². The molecule has 0 radical (unpaired) electrons. The molecule has 44 heavy (non-hydrogen) atoms. The zero-order chi connectivity index (χ0) is 29.8. The smallest absolute Gasteiger partial charge is 0.188 e. The fourth-order valence-electron chi connectivity index (χ4n) is 6.43. The largest absolute Gasteiger partial charge is 0.309 e. The second-order valence-electron chi connectivity index (χ2n) is 10.5. The zero-order valence-electron chi connectivity index (χ0n) is 23.2. The summed E-state index contributed by atoms with van der Waals surface area (Å²) in [6.45, 7) is 7.58. The number of para-hydroxylation sites is 2. The lowest BCUT2D eigenvalue weighted by atomic mass is 10.00. The summed E-state index contributed by atoms with van der Waals surface area (Å²) >= 11 is 0. The number of fused-ring (bicyclic) bond motifs is 6. The van der Waals surface area contributed by atoms with E-state index in [1.165, 1.54) is 0 Å². The maximum atomic E-state index is 10.5. The number of hydrogen-bond acceptors (Lipinski definition) is 3. The van der Waals surface area contributed by atoms with Crippen molar-refractivity contribution < 1.29 is 0 Å². The molecule has 0 N–H and O–H groups in total. The van der Waals surface area contributed by atoms with E-state index in [1.54, 1.807) is 6.20 Å². The van der Waals surface area contributed by atoms with Gasteiger partial charge in [0.1, 0.15) is 0 Å². The van der Waals surface area contributed by atoms with E-state index >= 15 is 0 Å². The first kappa shape index (κ1) is 25.1. The van der Waals surface area contributed by atoms with Crippen LogP contribution in [0.3, 0.4) is 0 Å². The zero-order valence-corrected chi connectivity index (χ0v) is 23.2. The second kappa shape index (κ2) is 9.71.